The number of thioether (sulfide) groups is 1. The summed E-state index contributed by atoms with van der Waals surface area (Å²) in [5, 5.41) is 3.41. The van der Waals surface area contributed by atoms with Gasteiger partial charge in [-0.1, -0.05) is 48.5 Å². The average molecular weight is 536 g/mol. The second-order valence-electron chi connectivity index (χ2n) is 8.68. The highest BCUT2D eigenvalue weighted by Gasteiger charge is 2.27. The zero-order valence-corrected chi connectivity index (χ0v) is 22.3. The number of carbonyl (C=O) groups is 1. The van der Waals surface area contributed by atoms with Crippen molar-refractivity contribution in [1.82, 2.24) is 9.29 Å². The Balaban J connectivity index is 1.33. The normalized spacial score (nSPS) is 12.9. The number of sulfonamides is 1. The highest BCUT2D eigenvalue weighted by molar-refractivity contribution is 7.98. The summed E-state index contributed by atoms with van der Waals surface area (Å²) in [7, 11) is -3.74. The Labute approximate surface area is 219 Å². The van der Waals surface area contributed by atoms with E-state index in [-0.39, 0.29) is 23.4 Å². The van der Waals surface area contributed by atoms with Crippen molar-refractivity contribution in [3.63, 3.8) is 0 Å². The van der Waals surface area contributed by atoms with Gasteiger partial charge in [0.25, 0.3) is 5.91 Å². The fourth-order valence-corrected chi connectivity index (χ4v) is 7.76. The van der Waals surface area contributed by atoms with Gasteiger partial charge in [0.1, 0.15) is 0 Å². The Morgan fingerprint density at radius 2 is 1.69 bits per heavy atom. The lowest BCUT2D eigenvalue weighted by atomic mass is 10.1. The van der Waals surface area contributed by atoms with Crippen LogP contribution in [0, 0.1) is 0 Å². The number of fused-ring (bicyclic) bond motifs is 3. The van der Waals surface area contributed by atoms with Gasteiger partial charge < -0.3 is 0 Å². The van der Waals surface area contributed by atoms with Crippen LogP contribution in [0.1, 0.15) is 34.6 Å². The van der Waals surface area contributed by atoms with E-state index in [1.165, 1.54) is 32.7 Å². The van der Waals surface area contributed by atoms with Gasteiger partial charge in [0.15, 0.2) is 5.13 Å². The Morgan fingerprint density at radius 3 is 2.42 bits per heavy atom. The summed E-state index contributed by atoms with van der Waals surface area (Å²) >= 11 is 3.24. The first-order chi connectivity index (χ1) is 17.3. The van der Waals surface area contributed by atoms with Crippen LogP contribution in [-0.2, 0) is 22.3 Å². The molecule has 1 aromatic heterocycles. The lowest BCUT2D eigenvalue weighted by Crippen LogP contribution is -2.36. The molecule has 5 rings (SSSR count). The van der Waals surface area contributed by atoms with Crippen molar-refractivity contribution in [3.05, 3.63) is 94.9 Å². The van der Waals surface area contributed by atoms with Crippen LogP contribution < -0.4 is 5.32 Å². The van der Waals surface area contributed by atoms with Crippen molar-refractivity contribution in [3.8, 4) is 11.3 Å². The molecule has 1 N–H and O–H groups in total. The Morgan fingerprint density at radius 1 is 1.00 bits per heavy atom. The molecule has 0 fully saturated rings. The molecule has 6 nitrogen and oxygen atoms in total. The van der Waals surface area contributed by atoms with E-state index in [1.54, 1.807) is 23.9 Å². The number of hydrogen-bond acceptors (Lipinski definition) is 6. The monoisotopic (exact) mass is 535 g/mol. The van der Waals surface area contributed by atoms with Crippen molar-refractivity contribution >= 4 is 44.2 Å². The highest BCUT2D eigenvalue weighted by Crippen LogP contribution is 2.44. The zero-order valence-electron chi connectivity index (χ0n) is 19.8. The molecule has 184 valence electrons. The van der Waals surface area contributed by atoms with Gasteiger partial charge >= 0.3 is 0 Å². The number of carbonyl (C=O) groups excluding carboxylic acids is 1. The number of nitrogens with zero attached hydrogens (tertiary/aromatic N) is 2. The molecular weight excluding hydrogens is 511 g/mol. The van der Waals surface area contributed by atoms with E-state index in [1.807, 2.05) is 62.4 Å². The third-order valence-corrected chi connectivity index (χ3v) is 10.2. The summed E-state index contributed by atoms with van der Waals surface area (Å²) in [5.74, 6) is 0.498. The average Bonchev–Trinajstić information content (AvgIpc) is 3.30. The number of rotatable bonds is 7. The molecule has 36 heavy (non-hydrogen) atoms. The van der Waals surface area contributed by atoms with Gasteiger partial charge in [0.2, 0.25) is 10.0 Å². The molecule has 1 aliphatic rings. The second-order valence-corrected chi connectivity index (χ2v) is 12.7. The minimum atomic E-state index is -3.74. The third kappa shape index (κ3) is 4.97. The number of nitrogens with one attached hydrogen (secondary N) is 1. The first-order valence-corrected chi connectivity index (χ1v) is 14.8. The van der Waals surface area contributed by atoms with Crippen molar-refractivity contribution in [2.24, 2.45) is 0 Å². The maximum absolute atomic E-state index is 13.4. The standard InChI is InChI=1S/C27H25N3O3S3/c1-18(2)30(16-19-8-4-3-5-9-19)36(32,33)21-14-12-20(13-15-21)26(31)29-27-28-25-22-10-6-7-11-23(22)34-17-24(25)35-27/h3-15,18H,16-17H2,1-2H3,(H,28,29,31). The first-order valence-electron chi connectivity index (χ1n) is 11.5. The van der Waals surface area contributed by atoms with E-state index in [0.717, 1.165) is 27.5 Å². The molecule has 0 spiro atoms. The minimum Gasteiger partial charge on any atom is -0.298 e. The maximum Gasteiger partial charge on any atom is 0.257 e. The lowest BCUT2D eigenvalue weighted by Gasteiger charge is -2.26. The Hall–Kier alpha value is -2.98. The van der Waals surface area contributed by atoms with E-state index in [4.69, 9.17) is 0 Å². The second kappa shape index (κ2) is 10.2. The van der Waals surface area contributed by atoms with Crippen molar-refractivity contribution in [2.45, 2.75) is 42.0 Å². The molecule has 0 radical (unpaired) electrons. The molecule has 2 heterocycles. The van der Waals surface area contributed by atoms with E-state index >= 15 is 0 Å². The predicted octanol–water partition coefficient (Wildman–Crippen LogP) is 6.27. The molecule has 4 aromatic rings. The van der Waals surface area contributed by atoms with E-state index in [9.17, 15) is 13.2 Å². The first kappa shape index (κ1) is 24.7. The largest absolute Gasteiger partial charge is 0.298 e. The van der Waals surface area contributed by atoms with E-state index in [0.29, 0.717) is 10.7 Å². The summed E-state index contributed by atoms with van der Waals surface area (Å²) in [6.45, 7) is 3.98. The third-order valence-electron chi connectivity index (χ3n) is 5.90. The molecule has 1 amide bonds. The molecule has 0 atom stereocenters. The molecule has 0 saturated heterocycles. The number of hydrogen-bond donors (Lipinski definition) is 1. The SMILES string of the molecule is CC(C)N(Cc1ccccc1)S(=O)(=O)c1ccc(C(=O)Nc2nc3c(s2)CSc2ccccc2-3)cc1. The number of anilines is 1. The number of thiazole rings is 1. The predicted molar refractivity (Wildman–Crippen MR) is 146 cm³/mol. The summed E-state index contributed by atoms with van der Waals surface area (Å²) in [5.41, 5.74) is 3.28. The van der Waals surface area contributed by atoms with Crippen LogP contribution in [0.3, 0.4) is 0 Å². The number of aromatic nitrogens is 1. The summed E-state index contributed by atoms with van der Waals surface area (Å²) in [6, 6.07) is 23.5. The molecular formula is C27H25N3O3S3. The highest BCUT2D eigenvalue weighted by atomic mass is 32.2. The van der Waals surface area contributed by atoms with Gasteiger partial charge in [-0.25, -0.2) is 13.4 Å². The Bertz CT molecular complexity index is 1500. The fraction of sp³-hybridized carbons (Fsp3) is 0.185. The Kier molecular flexibility index (Phi) is 6.98. The molecule has 0 saturated carbocycles. The van der Waals surface area contributed by atoms with Crippen molar-refractivity contribution < 1.29 is 13.2 Å². The number of benzene rings is 3. The summed E-state index contributed by atoms with van der Waals surface area (Å²) in [4.78, 5) is 20.0. The van der Waals surface area contributed by atoms with Crippen LogP contribution in [0.25, 0.3) is 11.3 Å². The molecule has 0 bridgehead atoms. The smallest absolute Gasteiger partial charge is 0.257 e. The topological polar surface area (TPSA) is 79.4 Å². The van der Waals surface area contributed by atoms with Crippen LogP contribution in [0.5, 0.6) is 0 Å². The zero-order chi connectivity index (χ0) is 25.3. The molecule has 0 unspecified atom stereocenters. The molecule has 0 aliphatic carbocycles. The fourth-order valence-electron chi connectivity index (χ4n) is 4.04. The molecule has 3 aromatic carbocycles. The quantitative estimate of drug-likeness (QED) is 0.302. The maximum atomic E-state index is 13.4. The van der Waals surface area contributed by atoms with Crippen molar-refractivity contribution in [2.75, 3.05) is 5.32 Å². The lowest BCUT2D eigenvalue weighted by molar-refractivity contribution is 0.102. The van der Waals surface area contributed by atoms with Gasteiger partial charge in [-0.2, -0.15) is 4.31 Å². The summed E-state index contributed by atoms with van der Waals surface area (Å²) in [6.07, 6.45) is 0. The van der Waals surface area contributed by atoms with Crippen LogP contribution in [0.2, 0.25) is 0 Å². The number of amides is 1. The van der Waals surface area contributed by atoms with Crippen molar-refractivity contribution in [1.29, 1.82) is 0 Å². The molecule has 9 heteroatoms. The van der Waals surface area contributed by atoms with Gasteiger partial charge in [-0.15, -0.1) is 23.1 Å². The van der Waals surface area contributed by atoms with Gasteiger partial charge in [0.05, 0.1) is 10.6 Å². The molecule has 1 aliphatic heterocycles. The van der Waals surface area contributed by atoms with Gasteiger partial charge in [-0.05, 0) is 49.7 Å². The van der Waals surface area contributed by atoms with E-state index < -0.39 is 10.0 Å². The summed E-state index contributed by atoms with van der Waals surface area (Å²) < 4.78 is 28.2. The van der Waals surface area contributed by atoms with Crippen LogP contribution in [0.15, 0.2) is 88.7 Å². The van der Waals surface area contributed by atoms with Crippen LogP contribution in [-0.4, -0.2) is 29.7 Å². The van der Waals surface area contributed by atoms with E-state index in [2.05, 4.69) is 16.4 Å². The van der Waals surface area contributed by atoms with Gasteiger partial charge in [0, 0.05) is 39.2 Å². The van der Waals surface area contributed by atoms with Crippen LogP contribution >= 0.6 is 23.1 Å². The van der Waals surface area contributed by atoms with Crippen LogP contribution in [0.4, 0.5) is 5.13 Å². The van der Waals surface area contributed by atoms with Gasteiger partial charge in [-0.3, -0.25) is 10.1 Å². The minimum absolute atomic E-state index is 0.155.